The lowest BCUT2D eigenvalue weighted by atomic mass is 10.2. The molecule has 1 amide bonds. The molecule has 2 N–H and O–H groups in total. The minimum absolute atomic E-state index is 0.236. The number of thioether (sulfide) groups is 1. The molecule has 0 spiro atoms. The van der Waals surface area contributed by atoms with E-state index in [9.17, 15) is 4.79 Å². The number of amides is 1. The van der Waals surface area contributed by atoms with Crippen LogP contribution in [0.2, 0.25) is 0 Å². The zero-order chi connectivity index (χ0) is 11.5. The number of ether oxygens (including phenoxy) is 3. The molecule has 0 aliphatic carbocycles. The Morgan fingerprint density at radius 3 is 2.80 bits per heavy atom. The molecule has 1 saturated heterocycles. The SMILES string of the molecule is CSCC(OC(N)=O)C1COC(C)(C)O1. The van der Waals surface area contributed by atoms with E-state index < -0.39 is 11.9 Å². The van der Waals surface area contributed by atoms with Crippen LogP contribution >= 0.6 is 11.8 Å². The van der Waals surface area contributed by atoms with Gasteiger partial charge in [-0.25, -0.2) is 4.79 Å². The van der Waals surface area contributed by atoms with Crippen LogP contribution in [0.5, 0.6) is 0 Å². The fourth-order valence-corrected chi connectivity index (χ4v) is 2.04. The number of hydrogen-bond donors (Lipinski definition) is 1. The number of carbonyl (C=O) groups is 1. The van der Waals surface area contributed by atoms with Gasteiger partial charge in [-0.15, -0.1) is 0 Å². The molecule has 6 heteroatoms. The van der Waals surface area contributed by atoms with Gasteiger partial charge in [0.05, 0.1) is 6.61 Å². The second-order valence-electron chi connectivity index (χ2n) is 3.80. The number of rotatable bonds is 4. The van der Waals surface area contributed by atoms with Crippen molar-refractivity contribution in [1.29, 1.82) is 0 Å². The Bertz CT molecular complexity index is 234. The predicted octanol–water partition coefficient (Wildman–Crippen LogP) is 0.965. The van der Waals surface area contributed by atoms with Crippen LogP contribution in [0.15, 0.2) is 0 Å². The Labute approximate surface area is 93.6 Å². The molecule has 0 aromatic carbocycles. The summed E-state index contributed by atoms with van der Waals surface area (Å²) < 4.78 is 16.0. The van der Waals surface area contributed by atoms with Gasteiger partial charge in [-0.1, -0.05) is 0 Å². The van der Waals surface area contributed by atoms with Crippen molar-refractivity contribution in [2.45, 2.75) is 31.8 Å². The van der Waals surface area contributed by atoms with Crippen molar-refractivity contribution in [3.8, 4) is 0 Å². The van der Waals surface area contributed by atoms with E-state index in [1.165, 1.54) is 0 Å². The zero-order valence-electron chi connectivity index (χ0n) is 9.19. The first kappa shape index (κ1) is 12.6. The molecule has 0 radical (unpaired) electrons. The fourth-order valence-electron chi connectivity index (χ4n) is 1.43. The molecule has 1 fully saturated rings. The van der Waals surface area contributed by atoms with Crippen molar-refractivity contribution < 1.29 is 19.0 Å². The maximum atomic E-state index is 10.7. The smallest absolute Gasteiger partial charge is 0.404 e. The second kappa shape index (κ2) is 5.05. The van der Waals surface area contributed by atoms with Crippen LogP contribution in [-0.2, 0) is 14.2 Å². The summed E-state index contributed by atoms with van der Waals surface area (Å²) in [6.07, 6.45) is 0.569. The van der Waals surface area contributed by atoms with Gasteiger partial charge in [-0.3, -0.25) is 0 Å². The van der Waals surface area contributed by atoms with E-state index in [2.05, 4.69) is 0 Å². The summed E-state index contributed by atoms with van der Waals surface area (Å²) in [5.41, 5.74) is 4.99. The van der Waals surface area contributed by atoms with E-state index in [-0.39, 0.29) is 12.2 Å². The maximum absolute atomic E-state index is 10.7. The predicted molar refractivity (Wildman–Crippen MR) is 57.7 cm³/mol. The molecule has 15 heavy (non-hydrogen) atoms. The summed E-state index contributed by atoms with van der Waals surface area (Å²) in [7, 11) is 0. The standard InChI is InChI=1S/C9H17NO4S/c1-9(2)12-4-6(14-9)7(5-15-3)13-8(10)11/h6-7H,4-5H2,1-3H3,(H2,10,11). The van der Waals surface area contributed by atoms with E-state index in [0.717, 1.165) is 0 Å². The van der Waals surface area contributed by atoms with Crippen molar-refractivity contribution in [2.75, 3.05) is 18.6 Å². The highest BCUT2D eigenvalue weighted by atomic mass is 32.2. The van der Waals surface area contributed by atoms with Crippen molar-refractivity contribution in [1.82, 2.24) is 0 Å². The average molecular weight is 235 g/mol. The molecule has 2 unspecified atom stereocenters. The van der Waals surface area contributed by atoms with E-state index in [4.69, 9.17) is 19.9 Å². The number of primary amides is 1. The molecule has 1 heterocycles. The highest BCUT2D eigenvalue weighted by Crippen LogP contribution is 2.26. The average Bonchev–Trinajstić information content (AvgIpc) is 2.44. The molecular weight excluding hydrogens is 218 g/mol. The lowest BCUT2D eigenvalue weighted by Gasteiger charge is -2.22. The van der Waals surface area contributed by atoms with Gasteiger partial charge in [-0.2, -0.15) is 11.8 Å². The van der Waals surface area contributed by atoms with Crippen molar-refractivity contribution in [3.05, 3.63) is 0 Å². The van der Waals surface area contributed by atoms with Crippen molar-refractivity contribution in [2.24, 2.45) is 5.73 Å². The summed E-state index contributed by atoms with van der Waals surface area (Å²) in [5.74, 6) is 0.0371. The van der Waals surface area contributed by atoms with E-state index in [1.807, 2.05) is 20.1 Å². The van der Waals surface area contributed by atoms with E-state index >= 15 is 0 Å². The van der Waals surface area contributed by atoms with Crippen LogP contribution in [0, 0.1) is 0 Å². The molecule has 88 valence electrons. The van der Waals surface area contributed by atoms with E-state index in [1.54, 1.807) is 11.8 Å². The molecule has 1 aliphatic heterocycles. The quantitative estimate of drug-likeness (QED) is 0.786. The Hall–Kier alpha value is -0.460. The van der Waals surface area contributed by atoms with Gasteiger partial charge in [0, 0.05) is 5.75 Å². The topological polar surface area (TPSA) is 70.8 Å². The molecule has 0 saturated carbocycles. The fraction of sp³-hybridized carbons (Fsp3) is 0.889. The molecule has 0 bridgehead atoms. The second-order valence-corrected chi connectivity index (χ2v) is 4.71. The summed E-state index contributed by atoms with van der Waals surface area (Å²) in [5, 5.41) is 0. The monoisotopic (exact) mass is 235 g/mol. The minimum Gasteiger partial charge on any atom is -0.443 e. The Morgan fingerprint density at radius 2 is 2.40 bits per heavy atom. The van der Waals surface area contributed by atoms with Crippen LogP contribution in [0.1, 0.15) is 13.8 Å². The molecule has 0 aromatic rings. The van der Waals surface area contributed by atoms with Gasteiger partial charge in [0.25, 0.3) is 0 Å². The highest BCUT2D eigenvalue weighted by Gasteiger charge is 2.38. The van der Waals surface area contributed by atoms with Gasteiger partial charge in [0.15, 0.2) is 5.79 Å². The summed E-state index contributed by atoms with van der Waals surface area (Å²) in [6.45, 7) is 4.08. The summed E-state index contributed by atoms with van der Waals surface area (Å²) in [4.78, 5) is 10.7. The first-order valence-corrected chi connectivity index (χ1v) is 6.11. The Kier molecular flexibility index (Phi) is 4.24. The first-order chi connectivity index (χ1) is 6.94. The summed E-state index contributed by atoms with van der Waals surface area (Å²) >= 11 is 1.57. The van der Waals surface area contributed by atoms with Crippen LogP contribution in [0.4, 0.5) is 4.79 Å². The van der Waals surface area contributed by atoms with Crippen molar-refractivity contribution in [3.63, 3.8) is 0 Å². The van der Waals surface area contributed by atoms with Gasteiger partial charge in [-0.05, 0) is 20.1 Å². The Morgan fingerprint density at radius 1 is 1.73 bits per heavy atom. The largest absolute Gasteiger partial charge is 0.443 e. The number of carbonyl (C=O) groups excluding carboxylic acids is 1. The third-order valence-electron chi connectivity index (χ3n) is 2.04. The van der Waals surface area contributed by atoms with Crippen molar-refractivity contribution >= 4 is 17.9 Å². The normalized spacial score (nSPS) is 26.2. The minimum atomic E-state index is -0.776. The summed E-state index contributed by atoms with van der Waals surface area (Å²) in [6, 6.07) is 0. The third kappa shape index (κ3) is 3.89. The highest BCUT2D eigenvalue weighted by molar-refractivity contribution is 7.98. The Balaban J connectivity index is 2.53. The van der Waals surface area contributed by atoms with Gasteiger partial charge < -0.3 is 19.9 Å². The van der Waals surface area contributed by atoms with Crippen LogP contribution < -0.4 is 5.73 Å². The third-order valence-corrected chi connectivity index (χ3v) is 2.71. The molecule has 0 aromatic heterocycles. The van der Waals surface area contributed by atoms with Crippen LogP contribution in [0.3, 0.4) is 0 Å². The lowest BCUT2D eigenvalue weighted by Crippen LogP contribution is -2.37. The van der Waals surface area contributed by atoms with Gasteiger partial charge in [0.1, 0.15) is 12.2 Å². The molecular formula is C9H17NO4S. The van der Waals surface area contributed by atoms with Gasteiger partial charge >= 0.3 is 6.09 Å². The lowest BCUT2D eigenvalue weighted by molar-refractivity contribution is -0.149. The number of hydrogen-bond acceptors (Lipinski definition) is 5. The number of nitrogens with two attached hydrogens (primary N) is 1. The van der Waals surface area contributed by atoms with Gasteiger partial charge in [0.2, 0.25) is 0 Å². The molecule has 1 aliphatic rings. The first-order valence-electron chi connectivity index (χ1n) is 4.71. The molecule has 2 atom stereocenters. The van der Waals surface area contributed by atoms with Crippen LogP contribution in [-0.4, -0.2) is 42.7 Å². The molecule has 1 rings (SSSR count). The van der Waals surface area contributed by atoms with E-state index in [0.29, 0.717) is 12.4 Å². The zero-order valence-corrected chi connectivity index (χ0v) is 10.0. The van der Waals surface area contributed by atoms with Crippen LogP contribution in [0.25, 0.3) is 0 Å². The molecule has 5 nitrogen and oxygen atoms in total. The maximum Gasteiger partial charge on any atom is 0.404 e.